The van der Waals surface area contributed by atoms with Gasteiger partial charge < -0.3 is 9.88 Å². The number of nitrogens with one attached hydrogen (secondary N) is 1. The zero-order valence-electron chi connectivity index (χ0n) is 11.2. The van der Waals surface area contributed by atoms with Gasteiger partial charge in [-0.25, -0.2) is 4.79 Å². The van der Waals surface area contributed by atoms with Gasteiger partial charge in [-0.2, -0.15) is 4.98 Å². The average molecular weight is 255 g/mol. The number of fused-ring (bicyclic) bond motifs is 1. The first-order valence-electron chi connectivity index (χ1n) is 6.56. The zero-order valence-corrected chi connectivity index (χ0v) is 11.2. The number of benzene rings is 1. The van der Waals surface area contributed by atoms with Crippen molar-refractivity contribution in [2.45, 2.75) is 19.8 Å². The van der Waals surface area contributed by atoms with E-state index in [0.717, 1.165) is 42.0 Å². The number of aromatic amines is 1. The molecule has 1 aliphatic rings. The standard InChI is InChI=1S/C15H17N3O/c1-10-5-7-11(8-6-10)13-12-4-3-9-18(2)14(12)17-15(19)16-13/h5-8H,3-4,9H2,1-2H3,(H,16,17,19). The molecule has 0 bridgehead atoms. The smallest absolute Gasteiger partial charge is 0.347 e. The van der Waals surface area contributed by atoms with Crippen molar-refractivity contribution < 1.29 is 0 Å². The van der Waals surface area contributed by atoms with Gasteiger partial charge in [0.15, 0.2) is 0 Å². The summed E-state index contributed by atoms with van der Waals surface area (Å²) in [6.07, 6.45) is 2.06. The van der Waals surface area contributed by atoms with Gasteiger partial charge in [-0.1, -0.05) is 29.8 Å². The summed E-state index contributed by atoms with van der Waals surface area (Å²) in [7, 11) is 1.99. The molecule has 2 heterocycles. The Morgan fingerprint density at radius 1 is 1.26 bits per heavy atom. The molecule has 98 valence electrons. The van der Waals surface area contributed by atoms with Crippen molar-refractivity contribution in [2.24, 2.45) is 0 Å². The highest BCUT2D eigenvalue weighted by atomic mass is 16.1. The van der Waals surface area contributed by atoms with Crippen molar-refractivity contribution in [3.05, 3.63) is 45.9 Å². The van der Waals surface area contributed by atoms with Gasteiger partial charge in [-0.05, 0) is 25.3 Å². The van der Waals surface area contributed by atoms with E-state index in [2.05, 4.69) is 46.1 Å². The number of hydrogen-bond donors (Lipinski definition) is 1. The molecule has 0 atom stereocenters. The van der Waals surface area contributed by atoms with Gasteiger partial charge in [0.25, 0.3) is 0 Å². The molecular formula is C15H17N3O. The first-order valence-corrected chi connectivity index (χ1v) is 6.56. The number of aryl methyl sites for hydroxylation is 1. The second-order valence-electron chi connectivity index (χ2n) is 5.11. The highest BCUT2D eigenvalue weighted by Crippen LogP contribution is 2.30. The Morgan fingerprint density at radius 2 is 2.00 bits per heavy atom. The van der Waals surface area contributed by atoms with Crippen LogP contribution < -0.4 is 10.6 Å². The van der Waals surface area contributed by atoms with Crippen molar-refractivity contribution in [3.63, 3.8) is 0 Å². The van der Waals surface area contributed by atoms with Crippen molar-refractivity contribution in [1.29, 1.82) is 0 Å². The minimum atomic E-state index is -0.275. The molecule has 0 unspecified atom stereocenters. The number of nitrogens with zero attached hydrogens (tertiary/aromatic N) is 2. The molecule has 0 saturated carbocycles. The van der Waals surface area contributed by atoms with Crippen molar-refractivity contribution in [2.75, 3.05) is 18.5 Å². The van der Waals surface area contributed by atoms with E-state index in [4.69, 9.17) is 0 Å². The summed E-state index contributed by atoms with van der Waals surface area (Å²) in [5.41, 5.74) is 4.06. The molecule has 1 aliphatic heterocycles. The topological polar surface area (TPSA) is 49.0 Å². The molecular weight excluding hydrogens is 238 g/mol. The first kappa shape index (κ1) is 12.0. The summed E-state index contributed by atoms with van der Waals surface area (Å²) in [5, 5.41) is 0. The SMILES string of the molecule is Cc1ccc(-c2[nH]c(=O)nc3c2CCCN3C)cc1. The van der Waals surface area contributed by atoms with Crippen LogP contribution in [-0.4, -0.2) is 23.6 Å². The number of aromatic nitrogens is 2. The third-order valence-electron chi connectivity index (χ3n) is 3.63. The fraction of sp³-hybridized carbons (Fsp3) is 0.333. The molecule has 19 heavy (non-hydrogen) atoms. The highest BCUT2D eigenvalue weighted by Gasteiger charge is 2.20. The number of H-pyrrole nitrogens is 1. The van der Waals surface area contributed by atoms with Crippen LogP contribution in [0.5, 0.6) is 0 Å². The minimum Gasteiger partial charge on any atom is -0.359 e. The van der Waals surface area contributed by atoms with Gasteiger partial charge in [0.05, 0.1) is 5.69 Å². The second kappa shape index (κ2) is 4.53. The summed E-state index contributed by atoms with van der Waals surface area (Å²) in [4.78, 5) is 20.8. The van der Waals surface area contributed by atoms with E-state index >= 15 is 0 Å². The third kappa shape index (κ3) is 2.14. The van der Waals surface area contributed by atoms with Gasteiger partial charge in [0.1, 0.15) is 5.82 Å². The maximum absolute atomic E-state index is 11.8. The predicted octanol–water partition coefficient (Wildman–Crippen LogP) is 2.13. The fourth-order valence-electron chi connectivity index (χ4n) is 2.60. The van der Waals surface area contributed by atoms with Gasteiger partial charge in [-0.15, -0.1) is 0 Å². The normalized spacial score (nSPS) is 14.3. The predicted molar refractivity (Wildman–Crippen MR) is 76.6 cm³/mol. The average Bonchev–Trinajstić information content (AvgIpc) is 2.40. The minimum absolute atomic E-state index is 0.275. The quantitative estimate of drug-likeness (QED) is 0.849. The molecule has 1 aromatic heterocycles. The molecule has 1 aromatic carbocycles. The summed E-state index contributed by atoms with van der Waals surface area (Å²) >= 11 is 0. The van der Waals surface area contributed by atoms with Gasteiger partial charge in [0, 0.05) is 19.2 Å². The maximum Gasteiger partial charge on any atom is 0.347 e. The molecule has 1 N–H and O–H groups in total. The van der Waals surface area contributed by atoms with Crippen molar-refractivity contribution >= 4 is 5.82 Å². The lowest BCUT2D eigenvalue weighted by Gasteiger charge is -2.27. The third-order valence-corrected chi connectivity index (χ3v) is 3.63. The van der Waals surface area contributed by atoms with E-state index in [1.54, 1.807) is 0 Å². The van der Waals surface area contributed by atoms with Crippen LogP contribution in [0.1, 0.15) is 17.5 Å². The van der Waals surface area contributed by atoms with Crippen LogP contribution >= 0.6 is 0 Å². The van der Waals surface area contributed by atoms with Gasteiger partial charge >= 0.3 is 5.69 Å². The Morgan fingerprint density at radius 3 is 2.74 bits per heavy atom. The lowest BCUT2D eigenvalue weighted by atomic mass is 9.99. The summed E-state index contributed by atoms with van der Waals surface area (Å²) < 4.78 is 0. The molecule has 3 rings (SSSR count). The van der Waals surface area contributed by atoms with Crippen LogP contribution in [0.15, 0.2) is 29.1 Å². The van der Waals surface area contributed by atoms with E-state index in [9.17, 15) is 4.79 Å². The Balaban J connectivity index is 2.21. The molecule has 4 nitrogen and oxygen atoms in total. The Hall–Kier alpha value is -2.10. The van der Waals surface area contributed by atoms with E-state index in [1.807, 2.05) is 7.05 Å². The lowest BCUT2D eigenvalue weighted by Crippen LogP contribution is -2.30. The molecule has 0 fully saturated rings. The van der Waals surface area contributed by atoms with Crippen LogP contribution in [0.4, 0.5) is 5.82 Å². The van der Waals surface area contributed by atoms with E-state index < -0.39 is 0 Å². The molecule has 0 amide bonds. The molecule has 0 saturated heterocycles. The monoisotopic (exact) mass is 255 g/mol. The second-order valence-corrected chi connectivity index (χ2v) is 5.11. The Kier molecular flexibility index (Phi) is 2.85. The van der Waals surface area contributed by atoms with E-state index in [-0.39, 0.29) is 5.69 Å². The Bertz CT molecular complexity index is 658. The number of anilines is 1. The lowest BCUT2D eigenvalue weighted by molar-refractivity contribution is 0.722. The number of hydrogen-bond acceptors (Lipinski definition) is 3. The molecule has 0 radical (unpaired) electrons. The summed E-state index contributed by atoms with van der Waals surface area (Å²) in [5.74, 6) is 0.825. The molecule has 4 heteroatoms. The van der Waals surface area contributed by atoms with Crippen molar-refractivity contribution in [1.82, 2.24) is 9.97 Å². The van der Waals surface area contributed by atoms with Crippen LogP contribution in [0.2, 0.25) is 0 Å². The molecule has 0 spiro atoms. The molecule has 2 aromatic rings. The van der Waals surface area contributed by atoms with Crippen LogP contribution in [0.25, 0.3) is 11.3 Å². The zero-order chi connectivity index (χ0) is 13.4. The first-order chi connectivity index (χ1) is 9.15. The summed E-state index contributed by atoms with van der Waals surface area (Å²) in [6.45, 7) is 3.01. The van der Waals surface area contributed by atoms with E-state index in [0.29, 0.717) is 0 Å². The largest absolute Gasteiger partial charge is 0.359 e. The summed E-state index contributed by atoms with van der Waals surface area (Å²) in [6, 6.07) is 8.23. The van der Waals surface area contributed by atoms with Gasteiger partial charge in [0.2, 0.25) is 0 Å². The Labute approximate surface area is 112 Å². The van der Waals surface area contributed by atoms with Crippen LogP contribution in [0, 0.1) is 6.92 Å². The molecule has 0 aliphatic carbocycles. The van der Waals surface area contributed by atoms with Gasteiger partial charge in [-0.3, -0.25) is 0 Å². The fourth-order valence-corrected chi connectivity index (χ4v) is 2.60. The van der Waals surface area contributed by atoms with E-state index in [1.165, 1.54) is 5.56 Å². The highest BCUT2D eigenvalue weighted by molar-refractivity contribution is 5.69. The van der Waals surface area contributed by atoms with Crippen LogP contribution in [-0.2, 0) is 6.42 Å². The van der Waals surface area contributed by atoms with Crippen molar-refractivity contribution in [3.8, 4) is 11.3 Å². The maximum atomic E-state index is 11.8. The number of rotatable bonds is 1. The van der Waals surface area contributed by atoms with Crippen LogP contribution in [0.3, 0.4) is 0 Å².